The van der Waals surface area contributed by atoms with Crippen molar-refractivity contribution in [1.82, 2.24) is 9.80 Å². The SMILES string of the molecule is CN(C)CC(CN)N(C)C.Cl.Cl.Cl. The third kappa shape index (κ3) is 12.8. The third-order valence-electron chi connectivity index (χ3n) is 1.58. The van der Waals surface area contributed by atoms with E-state index >= 15 is 0 Å². The van der Waals surface area contributed by atoms with E-state index in [9.17, 15) is 0 Å². The molecule has 0 spiro atoms. The topological polar surface area (TPSA) is 32.5 Å². The van der Waals surface area contributed by atoms with Gasteiger partial charge in [-0.15, -0.1) is 37.2 Å². The summed E-state index contributed by atoms with van der Waals surface area (Å²) in [7, 11) is 8.24. The molecule has 0 saturated carbocycles. The number of nitrogens with two attached hydrogens (primary N) is 1. The highest BCUT2D eigenvalue weighted by Gasteiger charge is 2.08. The summed E-state index contributed by atoms with van der Waals surface area (Å²) >= 11 is 0. The van der Waals surface area contributed by atoms with Crippen molar-refractivity contribution in [2.45, 2.75) is 6.04 Å². The first kappa shape index (κ1) is 23.5. The fourth-order valence-corrected chi connectivity index (χ4v) is 0.870. The van der Waals surface area contributed by atoms with Gasteiger partial charge >= 0.3 is 0 Å². The van der Waals surface area contributed by atoms with Gasteiger partial charge in [0.1, 0.15) is 0 Å². The Balaban J connectivity index is -0.000000135. The van der Waals surface area contributed by atoms with Crippen molar-refractivity contribution in [2.75, 3.05) is 41.3 Å². The van der Waals surface area contributed by atoms with Crippen LogP contribution in [-0.4, -0.2) is 57.1 Å². The quantitative estimate of drug-likeness (QED) is 0.802. The maximum atomic E-state index is 5.55. The molecule has 0 aliphatic heterocycles. The van der Waals surface area contributed by atoms with Gasteiger partial charge in [-0.1, -0.05) is 0 Å². The number of nitrogens with zero attached hydrogens (tertiary/aromatic N) is 2. The molecular formula is C7H22Cl3N3. The summed E-state index contributed by atoms with van der Waals surface area (Å²) in [6, 6.07) is 0.481. The number of halogens is 3. The van der Waals surface area contributed by atoms with Gasteiger partial charge in [-0.3, -0.25) is 0 Å². The highest BCUT2D eigenvalue weighted by atomic mass is 35.5. The van der Waals surface area contributed by atoms with Crippen molar-refractivity contribution >= 4 is 37.2 Å². The van der Waals surface area contributed by atoms with E-state index in [0.29, 0.717) is 6.04 Å². The molecule has 86 valence electrons. The lowest BCUT2D eigenvalue weighted by Gasteiger charge is -2.25. The molecule has 3 nitrogen and oxygen atoms in total. The summed E-state index contributed by atoms with van der Waals surface area (Å²) in [5.41, 5.74) is 5.55. The van der Waals surface area contributed by atoms with Crippen molar-refractivity contribution in [3.8, 4) is 0 Å². The Morgan fingerprint density at radius 2 is 1.38 bits per heavy atom. The zero-order valence-electron chi connectivity index (χ0n) is 8.69. The van der Waals surface area contributed by atoms with Crippen LogP contribution in [0.25, 0.3) is 0 Å². The van der Waals surface area contributed by atoms with E-state index in [1.807, 2.05) is 0 Å². The molecule has 0 aliphatic carbocycles. The van der Waals surface area contributed by atoms with Gasteiger partial charge < -0.3 is 15.5 Å². The van der Waals surface area contributed by atoms with Gasteiger partial charge in [-0.25, -0.2) is 0 Å². The number of rotatable bonds is 4. The van der Waals surface area contributed by atoms with Crippen LogP contribution < -0.4 is 5.73 Å². The second kappa shape index (κ2) is 12.8. The molecule has 6 heteroatoms. The lowest BCUT2D eigenvalue weighted by molar-refractivity contribution is 0.234. The standard InChI is InChI=1S/C7H19N3.3ClH/c1-9(2)6-7(5-8)10(3)4;;;/h7H,5-6,8H2,1-4H3;3*1H. The van der Waals surface area contributed by atoms with Crippen molar-refractivity contribution in [2.24, 2.45) is 5.73 Å². The zero-order valence-corrected chi connectivity index (χ0v) is 11.1. The van der Waals surface area contributed by atoms with Crippen LogP contribution in [0.4, 0.5) is 0 Å². The van der Waals surface area contributed by atoms with E-state index in [4.69, 9.17) is 5.73 Å². The second-order valence-electron chi connectivity index (χ2n) is 3.12. The van der Waals surface area contributed by atoms with Crippen molar-refractivity contribution in [3.63, 3.8) is 0 Å². The zero-order chi connectivity index (χ0) is 8.15. The average Bonchev–Trinajstić information content (AvgIpc) is 1.81. The summed E-state index contributed by atoms with van der Waals surface area (Å²) in [6.45, 7) is 1.76. The molecule has 0 aromatic heterocycles. The third-order valence-corrected chi connectivity index (χ3v) is 1.58. The van der Waals surface area contributed by atoms with Gasteiger partial charge in [0.2, 0.25) is 0 Å². The Kier molecular flexibility index (Phi) is 23.1. The Bertz CT molecular complexity index is 91.1. The molecule has 0 aliphatic rings. The van der Waals surface area contributed by atoms with E-state index in [2.05, 4.69) is 38.0 Å². The number of hydrogen-bond donors (Lipinski definition) is 1. The molecule has 0 bridgehead atoms. The molecule has 1 atom stereocenters. The number of likely N-dealkylation sites (N-methyl/N-ethyl adjacent to an activating group) is 2. The predicted octanol–water partition coefficient (Wildman–Crippen LogP) is 0.702. The Morgan fingerprint density at radius 3 is 1.46 bits per heavy atom. The highest BCUT2D eigenvalue weighted by Crippen LogP contribution is 1.91. The lowest BCUT2D eigenvalue weighted by Crippen LogP contribution is -2.42. The van der Waals surface area contributed by atoms with Crippen LogP contribution in [0.15, 0.2) is 0 Å². The Hall–Kier alpha value is 0.750. The molecular weight excluding hydrogens is 232 g/mol. The van der Waals surface area contributed by atoms with E-state index in [1.54, 1.807) is 0 Å². The molecule has 13 heavy (non-hydrogen) atoms. The Labute approximate surface area is 100 Å². The molecule has 0 saturated heterocycles. The largest absolute Gasteiger partial charge is 0.329 e. The van der Waals surface area contributed by atoms with Gasteiger partial charge in [0.15, 0.2) is 0 Å². The van der Waals surface area contributed by atoms with Crippen molar-refractivity contribution < 1.29 is 0 Å². The summed E-state index contributed by atoms with van der Waals surface area (Å²) in [5.74, 6) is 0. The minimum absolute atomic E-state index is 0. The first-order valence-electron chi connectivity index (χ1n) is 3.59. The summed E-state index contributed by atoms with van der Waals surface area (Å²) in [6.07, 6.45) is 0. The molecule has 0 heterocycles. The molecule has 0 rings (SSSR count). The van der Waals surface area contributed by atoms with Crippen molar-refractivity contribution in [3.05, 3.63) is 0 Å². The van der Waals surface area contributed by atoms with E-state index in [-0.39, 0.29) is 37.2 Å². The van der Waals surface area contributed by atoms with Crippen LogP contribution in [0.1, 0.15) is 0 Å². The summed E-state index contributed by atoms with van der Waals surface area (Å²) < 4.78 is 0. The summed E-state index contributed by atoms with van der Waals surface area (Å²) in [4.78, 5) is 4.30. The fourth-order valence-electron chi connectivity index (χ4n) is 0.870. The molecule has 0 aromatic carbocycles. The van der Waals surface area contributed by atoms with E-state index in [0.717, 1.165) is 13.1 Å². The monoisotopic (exact) mass is 253 g/mol. The first-order valence-corrected chi connectivity index (χ1v) is 3.59. The maximum Gasteiger partial charge on any atom is 0.0339 e. The molecule has 0 radical (unpaired) electrons. The van der Waals surface area contributed by atoms with Gasteiger partial charge in [-0.2, -0.15) is 0 Å². The van der Waals surface area contributed by atoms with Crippen LogP contribution in [-0.2, 0) is 0 Å². The van der Waals surface area contributed by atoms with Crippen LogP contribution in [0.5, 0.6) is 0 Å². The molecule has 1 unspecified atom stereocenters. The molecule has 0 fully saturated rings. The number of hydrogen-bond acceptors (Lipinski definition) is 3. The highest BCUT2D eigenvalue weighted by molar-refractivity contribution is 5.86. The average molecular weight is 255 g/mol. The van der Waals surface area contributed by atoms with Gasteiger partial charge in [0.05, 0.1) is 0 Å². The molecule has 0 amide bonds. The molecule has 0 aromatic rings. The van der Waals surface area contributed by atoms with Crippen LogP contribution >= 0.6 is 37.2 Å². The normalized spacial score (nSPS) is 11.3. The maximum absolute atomic E-state index is 5.55. The molecule has 2 N–H and O–H groups in total. The van der Waals surface area contributed by atoms with Crippen LogP contribution in [0, 0.1) is 0 Å². The minimum Gasteiger partial charge on any atom is -0.329 e. The van der Waals surface area contributed by atoms with E-state index < -0.39 is 0 Å². The van der Waals surface area contributed by atoms with Crippen LogP contribution in [0.2, 0.25) is 0 Å². The van der Waals surface area contributed by atoms with Gasteiger partial charge in [0, 0.05) is 19.1 Å². The van der Waals surface area contributed by atoms with E-state index in [1.165, 1.54) is 0 Å². The fraction of sp³-hybridized carbons (Fsp3) is 1.00. The van der Waals surface area contributed by atoms with Gasteiger partial charge in [0.25, 0.3) is 0 Å². The van der Waals surface area contributed by atoms with Gasteiger partial charge in [-0.05, 0) is 28.2 Å². The lowest BCUT2D eigenvalue weighted by atomic mass is 10.2. The second-order valence-corrected chi connectivity index (χ2v) is 3.12. The van der Waals surface area contributed by atoms with Crippen LogP contribution in [0.3, 0.4) is 0 Å². The first-order chi connectivity index (χ1) is 4.57. The summed E-state index contributed by atoms with van der Waals surface area (Å²) in [5, 5.41) is 0. The van der Waals surface area contributed by atoms with Crippen molar-refractivity contribution in [1.29, 1.82) is 0 Å². The minimum atomic E-state index is 0. The smallest absolute Gasteiger partial charge is 0.0339 e. The predicted molar refractivity (Wildman–Crippen MR) is 66.8 cm³/mol. The Morgan fingerprint density at radius 1 is 1.00 bits per heavy atom.